The molecule has 0 radical (unpaired) electrons. The Bertz CT molecular complexity index is 427. The van der Waals surface area contributed by atoms with Crippen molar-refractivity contribution in [3.05, 3.63) is 46.6 Å². The third-order valence-electron chi connectivity index (χ3n) is 3.75. The molecule has 0 aromatic heterocycles. The van der Waals surface area contributed by atoms with E-state index in [4.69, 9.17) is 4.52 Å². The highest BCUT2D eigenvalue weighted by atomic mass is 32.0. The molecule has 2 unspecified atom stereocenters. The number of allylic oxidation sites excluding steroid dienone is 7. The lowest BCUT2D eigenvalue weighted by atomic mass is 10.0. The van der Waals surface area contributed by atoms with Crippen molar-refractivity contribution < 1.29 is 4.52 Å². The summed E-state index contributed by atoms with van der Waals surface area (Å²) in [5.41, 5.74) is 5.87. The van der Waals surface area contributed by atoms with Gasteiger partial charge in [-0.05, 0) is 73.1 Å². The molecule has 0 saturated heterocycles. The minimum Gasteiger partial charge on any atom is -0.354 e. The molecule has 0 spiro atoms. The van der Waals surface area contributed by atoms with Crippen LogP contribution in [0, 0.1) is 0 Å². The number of rotatable bonds is 12. The van der Waals surface area contributed by atoms with Crippen molar-refractivity contribution in [2.24, 2.45) is 0 Å². The molecule has 0 aromatic carbocycles. The van der Waals surface area contributed by atoms with Gasteiger partial charge in [0.2, 0.25) is 0 Å². The van der Waals surface area contributed by atoms with Crippen molar-refractivity contribution in [1.82, 2.24) is 0 Å². The topological polar surface area (TPSA) is 9.23 Å². The maximum absolute atomic E-state index is 5.34. The quantitative estimate of drug-likeness (QED) is 0.200. The van der Waals surface area contributed by atoms with Crippen LogP contribution in [-0.2, 0) is 4.52 Å². The van der Waals surface area contributed by atoms with Crippen LogP contribution >= 0.6 is 17.4 Å². The molecular weight excluding hydrogens is 318 g/mol. The Balaban J connectivity index is 3.93. The van der Waals surface area contributed by atoms with Crippen LogP contribution in [0.25, 0.3) is 0 Å². The van der Waals surface area contributed by atoms with E-state index in [2.05, 4.69) is 67.9 Å². The van der Waals surface area contributed by atoms with Gasteiger partial charge in [0.15, 0.2) is 0 Å². The second-order valence-corrected chi connectivity index (χ2v) is 7.71. The minimum absolute atomic E-state index is 0.503. The van der Waals surface area contributed by atoms with Crippen LogP contribution in [0.1, 0.15) is 73.1 Å². The van der Waals surface area contributed by atoms with Crippen LogP contribution in [-0.4, -0.2) is 6.61 Å². The SMILES string of the molecule is CC(C)=CCC/C(C)=C/CC/C(C)=C/CC/C(C)=C/COPP. The lowest BCUT2D eigenvalue weighted by Crippen LogP contribution is -1.84. The first-order valence-electron chi connectivity index (χ1n) is 8.63. The highest BCUT2D eigenvalue weighted by Gasteiger charge is 1.93. The third-order valence-corrected chi connectivity index (χ3v) is 4.59. The summed E-state index contributed by atoms with van der Waals surface area (Å²) in [7, 11) is 3.11. The molecule has 0 N–H and O–H groups in total. The van der Waals surface area contributed by atoms with E-state index in [1.54, 1.807) is 0 Å². The highest BCUT2D eigenvalue weighted by Crippen LogP contribution is 2.21. The van der Waals surface area contributed by atoms with E-state index in [0.29, 0.717) is 8.50 Å². The van der Waals surface area contributed by atoms with Gasteiger partial charge in [-0.15, -0.1) is 0 Å². The lowest BCUT2D eigenvalue weighted by Gasteiger charge is -2.03. The first-order chi connectivity index (χ1) is 11.0. The van der Waals surface area contributed by atoms with Crippen molar-refractivity contribution >= 4 is 17.4 Å². The summed E-state index contributed by atoms with van der Waals surface area (Å²) in [6.07, 6.45) is 16.3. The van der Waals surface area contributed by atoms with Crippen molar-refractivity contribution in [2.75, 3.05) is 6.61 Å². The van der Waals surface area contributed by atoms with Crippen LogP contribution < -0.4 is 0 Å². The fourth-order valence-corrected chi connectivity index (χ4v) is 2.69. The molecule has 1 nitrogen and oxygen atoms in total. The smallest absolute Gasteiger partial charge is 0.0693 e. The molecule has 0 aliphatic rings. The van der Waals surface area contributed by atoms with E-state index >= 15 is 0 Å². The van der Waals surface area contributed by atoms with Gasteiger partial charge in [-0.3, -0.25) is 0 Å². The Morgan fingerprint density at radius 3 is 1.61 bits per heavy atom. The van der Waals surface area contributed by atoms with Crippen molar-refractivity contribution in [2.45, 2.75) is 73.1 Å². The zero-order valence-electron chi connectivity index (χ0n) is 15.7. The normalized spacial score (nSPS) is 13.9. The first-order valence-corrected chi connectivity index (χ1v) is 11.3. The second-order valence-electron chi connectivity index (χ2n) is 6.48. The van der Waals surface area contributed by atoms with Crippen LogP contribution in [0.2, 0.25) is 0 Å². The van der Waals surface area contributed by atoms with Crippen LogP contribution in [0.15, 0.2) is 46.6 Å². The van der Waals surface area contributed by atoms with E-state index in [1.807, 2.05) is 0 Å². The molecule has 23 heavy (non-hydrogen) atoms. The molecule has 0 fully saturated rings. The van der Waals surface area contributed by atoms with Crippen molar-refractivity contribution in [3.8, 4) is 0 Å². The number of hydrogen-bond acceptors (Lipinski definition) is 1. The Morgan fingerprint density at radius 2 is 1.17 bits per heavy atom. The van der Waals surface area contributed by atoms with Gasteiger partial charge in [0.05, 0.1) is 6.61 Å². The van der Waals surface area contributed by atoms with E-state index < -0.39 is 0 Å². The van der Waals surface area contributed by atoms with E-state index in [-0.39, 0.29) is 0 Å². The summed E-state index contributed by atoms with van der Waals surface area (Å²) < 4.78 is 5.34. The van der Waals surface area contributed by atoms with E-state index in [9.17, 15) is 0 Å². The van der Waals surface area contributed by atoms with Gasteiger partial charge < -0.3 is 4.52 Å². The van der Waals surface area contributed by atoms with Crippen LogP contribution in [0.3, 0.4) is 0 Å². The van der Waals surface area contributed by atoms with Gasteiger partial charge in [0.1, 0.15) is 0 Å². The third kappa shape index (κ3) is 16.4. The minimum atomic E-state index is 0.503. The maximum Gasteiger partial charge on any atom is 0.0693 e. The average molecular weight is 354 g/mol. The largest absolute Gasteiger partial charge is 0.354 e. The summed E-state index contributed by atoms with van der Waals surface area (Å²) >= 11 is 0. The Labute approximate surface area is 148 Å². The average Bonchev–Trinajstić information content (AvgIpc) is 2.47. The summed E-state index contributed by atoms with van der Waals surface area (Å²) in [6, 6.07) is 0. The fraction of sp³-hybridized carbons (Fsp3) is 0.600. The first kappa shape index (κ1) is 22.8. The maximum atomic E-state index is 5.34. The van der Waals surface area contributed by atoms with Gasteiger partial charge in [-0.2, -0.15) is 0 Å². The van der Waals surface area contributed by atoms with Gasteiger partial charge in [0, 0.05) is 8.50 Å². The van der Waals surface area contributed by atoms with Crippen molar-refractivity contribution in [3.63, 3.8) is 0 Å². The molecule has 132 valence electrons. The van der Waals surface area contributed by atoms with Gasteiger partial charge in [0.25, 0.3) is 0 Å². The fourth-order valence-electron chi connectivity index (χ4n) is 2.22. The molecule has 0 aliphatic carbocycles. The van der Waals surface area contributed by atoms with Gasteiger partial charge in [-0.25, -0.2) is 0 Å². The monoisotopic (exact) mass is 354 g/mol. The van der Waals surface area contributed by atoms with Crippen LogP contribution in [0.4, 0.5) is 0 Å². The highest BCUT2D eigenvalue weighted by molar-refractivity contribution is 8.00. The number of hydrogen-bond donors (Lipinski definition) is 0. The molecule has 0 amide bonds. The Morgan fingerprint density at radius 1 is 0.739 bits per heavy atom. The van der Waals surface area contributed by atoms with Crippen molar-refractivity contribution in [1.29, 1.82) is 0 Å². The summed E-state index contributed by atoms with van der Waals surface area (Å²) in [6.45, 7) is 11.8. The van der Waals surface area contributed by atoms with Gasteiger partial charge >= 0.3 is 0 Å². The van der Waals surface area contributed by atoms with E-state index in [0.717, 1.165) is 19.4 Å². The Kier molecular flexibility index (Phi) is 15.2. The molecule has 0 heterocycles. The van der Waals surface area contributed by atoms with E-state index in [1.165, 1.54) is 48.0 Å². The molecular formula is C20H36OP2. The molecule has 0 rings (SSSR count). The summed E-state index contributed by atoms with van der Waals surface area (Å²) in [5, 5.41) is 0. The Hall–Kier alpha value is -0.220. The lowest BCUT2D eigenvalue weighted by molar-refractivity contribution is 0.422. The van der Waals surface area contributed by atoms with Gasteiger partial charge in [-0.1, -0.05) is 55.5 Å². The zero-order valence-corrected chi connectivity index (χ0v) is 17.9. The second kappa shape index (κ2) is 15.3. The molecule has 0 saturated carbocycles. The molecule has 0 aromatic rings. The molecule has 0 aliphatic heterocycles. The molecule has 0 bridgehead atoms. The summed E-state index contributed by atoms with van der Waals surface area (Å²) in [5.74, 6) is 0. The molecule has 3 heteroatoms. The molecule has 2 atom stereocenters. The standard InChI is InChI=1S/C20H36OP2/c1-17(2)9-6-10-18(3)11-7-12-19(4)13-8-14-20(5)15-16-21-23-22/h9,11,13,15,23H,6-8,10,12,14,16,22H2,1-5H3/b18-11+,19-13+,20-15+. The summed E-state index contributed by atoms with van der Waals surface area (Å²) in [4.78, 5) is 0. The predicted octanol–water partition coefficient (Wildman–Crippen LogP) is 7.53. The van der Waals surface area contributed by atoms with Crippen LogP contribution in [0.5, 0.6) is 0 Å². The predicted molar refractivity (Wildman–Crippen MR) is 112 cm³/mol. The zero-order chi connectivity index (χ0) is 17.5.